The van der Waals surface area contributed by atoms with Crippen molar-refractivity contribution in [2.24, 2.45) is 0 Å². The van der Waals surface area contributed by atoms with E-state index in [-0.39, 0.29) is 6.04 Å². The molecule has 0 bridgehead atoms. The summed E-state index contributed by atoms with van der Waals surface area (Å²) in [6.45, 7) is 2.69. The zero-order valence-electron chi connectivity index (χ0n) is 16.8. The highest BCUT2D eigenvalue weighted by Crippen LogP contribution is 2.30. The van der Waals surface area contributed by atoms with Crippen LogP contribution in [0.5, 0.6) is 5.75 Å². The molecule has 30 heavy (non-hydrogen) atoms. The monoisotopic (exact) mass is 419 g/mol. The van der Waals surface area contributed by atoms with Crippen LogP contribution < -0.4 is 10.1 Å². The molecule has 4 aromatic rings. The first-order valence-electron chi connectivity index (χ1n) is 9.63. The van der Waals surface area contributed by atoms with Crippen LogP contribution in [0.2, 0.25) is 5.02 Å². The zero-order valence-corrected chi connectivity index (χ0v) is 17.5. The number of hydrogen-bond acceptors (Lipinski definition) is 5. The minimum Gasteiger partial charge on any atom is -0.497 e. The van der Waals surface area contributed by atoms with E-state index in [9.17, 15) is 0 Å². The predicted octanol–water partition coefficient (Wildman–Crippen LogP) is 4.84. The number of nitrogens with one attached hydrogen (secondary N) is 1. The molecule has 0 fully saturated rings. The van der Waals surface area contributed by atoms with Gasteiger partial charge >= 0.3 is 0 Å². The van der Waals surface area contributed by atoms with Gasteiger partial charge in [-0.3, -0.25) is 0 Å². The molecule has 2 aromatic carbocycles. The first-order chi connectivity index (χ1) is 14.7. The van der Waals surface area contributed by atoms with E-state index in [0.29, 0.717) is 11.6 Å². The quantitative estimate of drug-likeness (QED) is 0.464. The van der Waals surface area contributed by atoms with Crippen molar-refractivity contribution in [3.8, 4) is 22.7 Å². The molecule has 0 saturated carbocycles. The lowest BCUT2D eigenvalue weighted by atomic mass is 10.1. The van der Waals surface area contributed by atoms with Crippen LogP contribution in [-0.4, -0.2) is 26.9 Å². The average molecular weight is 420 g/mol. The number of benzene rings is 2. The first-order valence-corrected chi connectivity index (χ1v) is 10.0. The number of ether oxygens (including phenoxy) is 1. The van der Waals surface area contributed by atoms with Crippen molar-refractivity contribution in [3.05, 3.63) is 89.6 Å². The van der Waals surface area contributed by atoms with Gasteiger partial charge in [0.15, 0.2) is 0 Å². The van der Waals surface area contributed by atoms with E-state index in [1.165, 1.54) is 0 Å². The number of halogens is 1. The van der Waals surface area contributed by atoms with E-state index >= 15 is 0 Å². The molecule has 0 saturated heterocycles. The molecular weight excluding hydrogens is 398 g/mol. The summed E-state index contributed by atoms with van der Waals surface area (Å²) in [4.78, 5) is 8.31. The average Bonchev–Trinajstić information content (AvgIpc) is 3.22. The Morgan fingerprint density at radius 2 is 1.90 bits per heavy atom. The van der Waals surface area contributed by atoms with Gasteiger partial charge in [-0.2, -0.15) is 5.10 Å². The molecule has 7 heteroatoms. The van der Waals surface area contributed by atoms with Crippen LogP contribution >= 0.6 is 11.6 Å². The summed E-state index contributed by atoms with van der Waals surface area (Å²) in [6.07, 6.45) is 5.34. The Morgan fingerprint density at radius 3 is 2.60 bits per heavy atom. The Hall–Kier alpha value is -3.22. The molecule has 4 rings (SSSR count). The van der Waals surface area contributed by atoms with Crippen LogP contribution in [0.3, 0.4) is 0 Å². The van der Waals surface area contributed by atoms with Gasteiger partial charge in [0.2, 0.25) is 0 Å². The summed E-state index contributed by atoms with van der Waals surface area (Å²) in [5, 5.41) is 9.03. The predicted molar refractivity (Wildman–Crippen MR) is 118 cm³/mol. The third kappa shape index (κ3) is 4.35. The molecule has 1 atom stereocenters. The number of methoxy groups -OCH3 is 1. The summed E-state index contributed by atoms with van der Waals surface area (Å²) in [5.41, 5.74) is 4.67. The summed E-state index contributed by atoms with van der Waals surface area (Å²) in [6, 6.07) is 17.5. The minimum absolute atomic E-state index is 0.0661. The van der Waals surface area contributed by atoms with Crippen molar-refractivity contribution in [3.63, 3.8) is 0 Å². The summed E-state index contributed by atoms with van der Waals surface area (Å²) in [7, 11) is 1.65. The van der Waals surface area contributed by atoms with Crippen LogP contribution in [0.15, 0.2) is 73.3 Å². The van der Waals surface area contributed by atoms with Gasteiger partial charge in [0, 0.05) is 36.1 Å². The molecule has 2 heterocycles. The minimum atomic E-state index is 0.0661. The number of hydrogen-bond donors (Lipinski definition) is 1. The van der Waals surface area contributed by atoms with Gasteiger partial charge < -0.3 is 10.1 Å². The highest BCUT2D eigenvalue weighted by atomic mass is 35.5. The lowest BCUT2D eigenvalue weighted by molar-refractivity contribution is 0.414. The highest BCUT2D eigenvalue weighted by molar-refractivity contribution is 6.33. The number of rotatable bonds is 7. The molecule has 0 aliphatic heterocycles. The topological polar surface area (TPSA) is 64.9 Å². The maximum absolute atomic E-state index is 6.48. The summed E-state index contributed by atoms with van der Waals surface area (Å²) < 4.78 is 7.12. The molecule has 1 N–H and O–H groups in total. The third-order valence-electron chi connectivity index (χ3n) is 4.90. The normalized spacial score (nSPS) is 12.0. The second-order valence-electron chi connectivity index (χ2n) is 6.86. The maximum atomic E-state index is 6.48. The number of aromatic nitrogens is 4. The molecule has 6 nitrogen and oxygen atoms in total. The van der Waals surface area contributed by atoms with Crippen molar-refractivity contribution in [2.75, 3.05) is 7.11 Å². The Morgan fingerprint density at radius 1 is 1.10 bits per heavy atom. The smallest absolute Gasteiger partial charge is 0.119 e. The molecule has 0 aliphatic rings. The van der Waals surface area contributed by atoms with E-state index < -0.39 is 0 Å². The molecule has 0 radical (unpaired) electrons. The van der Waals surface area contributed by atoms with E-state index in [4.69, 9.17) is 21.4 Å². The van der Waals surface area contributed by atoms with E-state index in [1.807, 2.05) is 65.5 Å². The first kappa shape index (κ1) is 20.1. The van der Waals surface area contributed by atoms with Crippen LogP contribution in [0, 0.1) is 0 Å². The maximum Gasteiger partial charge on any atom is 0.119 e. The van der Waals surface area contributed by atoms with Crippen molar-refractivity contribution in [2.45, 2.75) is 19.5 Å². The lowest BCUT2D eigenvalue weighted by Gasteiger charge is -2.13. The van der Waals surface area contributed by atoms with Crippen molar-refractivity contribution < 1.29 is 4.74 Å². The van der Waals surface area contributed by atoms with Gasteiger partial charge in [-0.15, -0.1) is 0 Å². The van der Waals surface area contributed by atoms with Gasteiger partial charge in [0.1, 0.15) is 12.1 Å². The molecular formula is C23H22ClN5O. The fraction of sp³-hybridized carbons (Fsp3) is 0.174. The second kappa shape index (κ2) is 9.07. The van der Waals surface area contributed by atoms with E-state index in [1.54, 1.807) is 19.6 Å². The summed E-state index contributed by atoms with van der Waals surface area (Å²) in [5.74, 6) is 0.804. The summed E-state index contributed by atoms with van der Waals surface area (Å²) >= 11 is 6.48. The van der Waals surface area contributed by atoms with E-state index in [2.05, 4.69) is 22.2 Å². The fourth-order valence-corrected chi connectivity index (χ4v) is 3.44. The van der Waals surface area contributed by atoms with Crippen molar-refractivity contribution >= 4 is 11.6 Å². The van der Waals surface area contributed by atoms with Gasteiger partial charge in [-0.05, 0) is 43.3 Å². The van der Waals surface area contributed by atoms with Gasteiger partial charge in [-0.25, -0.2) is 14.6 Å². The standard InChI is InChI=1S/C23H22ClN5O/c1-16(22-11-12-25-15-27-22)26-13-17-14-29(18-7-9-19(30-2)10-8-18)28-23(17)20-5-3-4-6-21(20)24/h3-12,14-16,26H,13H2,1-2H3/t16-/m0/s1. The Kier molecular flexibility index (Phi) is 6.07. The largest absolute Gasteiger partial charge is 0.497 e. The molecule has 0 amide bonds. The SMILES string of the molecule is COc1ccc(-n2cc(CN[C@@H](C)c3ccncn3)c(-c3ccccc3Cl)n2)cc1. The highest BCUT2D eigenvalue weighted by Gasteiger charge is 2.16. The number of nitrogens with zero attached hydrogens (tertiary/aromatic N) is 4. The van der Waals surface area contributed by atoms with E-state index in [0.717, 1.165) is 34.0 Å². The van der Waals surface area contributed by atoms with Gasteiger partial charge in [-0.1, -0.05) is 29.8 Å². The Labute approximate surface area is 180 Å². The van der Waals surface area contributed by atoms with Crippen molar-refractivity contribution in [1.82, 2.24) is 25.1 Å². The molecule has 0 aliphatic carbocycles. The molecule has 0 spiro atoms. The zero-order chi connectivity index (χ0) is 20.9. The Balaban J connectivity index is 1.66. The Bertz CT molecular complexity index is 1110. The lowest BCUT2D eigenvalue weighted by Crippen LogP contribution is -2.19. The van der Waals surface area contributed by atoms with Gasteiger partial charge in [0.25, 0.3) is 0 Å². The fourth-order valence-electron chi connectivity index (χ4n) is 3.21. The molecule has 152 valence electrons. The van der Waals surface area contributed by atoms with Crippen LogP contribution in [0.1, 0.15) is 24.2 Å². The molecule has 2 aromatic heterocycles. The van der Waals surface area contributed by atoms with Gasteiger partial charge in [0.05, 0.1) is 29.2 Å². The van der Waals surface area contributed by atoms with Crippen LogP contribution in [-0.2, 0) is 6.54 Å². The third-order valence-corrected chi connectivity index (χ3v) is 5.23. The van der Waals surface area contributed by atoms with Crippen LogP contribution in [0.25, 0.3) is 16.9 Å². The van der Waals surface area contributed by atoms with Crippen molar-refractivity contribution in [1.29, 1.82) is 0 Å². The van der Waals surface area contributed by atoms with Crippen LogP contribution in [0.4, 0.5) is 0 Å². The molecule has 0 unspecified atom stereocenters. The second-order valence-corrected chi connectivity index (χ2v) is 7.27.